The Morgan fingerprint density at radius 1 is 0.824 bits per heavy atom. The zero-order chi connectivity index (χ0) is 24.4. The highest BCUT2D eigenvalue weighted by atomic mass is 16.5. The second-order valence-corrected chi connectivity index (χ2v) is 8.74. The van der Waals surface area contributed by atoms with E-state index in [1.54, 1.807) is 31.4 Å². The SMILES string of the molecule is COc1ccc(C2=C(Nc3ccc(N(C)C)cc3)C(=O)N(c3ccc(C(C)C)cc3)C2=O)cc1. The van der Waals surface area contributed by atoms with Crippen molar-refractivity contribution in [2.75, 3.05) is 36.3 Å². The van der Waals surface area contributed by atoms with Crippen LogP contribution in [0.4, 0.5) is 17.1 Å². The molecule has 0 saturated heterocycles. The van der Waals surface area contributed by atoms with Crippen molar-refractivity contribution in [3.63, 3.8) is 0 Å². The topological polar surface area (TPSA) is 61.9 Å². The summed E-state index contributed by atoms with van der Waals surface area (Å²) >= 11 is 0. The average Bonchev–Trinajstić information content (AvgIpc) is 3.08. The number of hydrogen-bond acceptors (Lipinski definition) is 5. The van der Waals surface area contributed by atoms with Crippen LogP contribution in [0.1, 0.15) is 30.9 Å². The lowest BCUT2D eigenvalue weighted by molar-refractivity contribution is -0.120. The summed E-state index contributed by atoms with van der Waals surface area (Å²) in [6, 6.07) is 22.4. The van der Waals surface area contributed by atoms with Crippen molar-refractivity contribution >= 4 is 34.4 Å². The van der Waals surface area contributed by atoms with Crippen molar-refractivity contribution in [2.45, 2.75) is 19.8 Å². The van der Waals surface area contributed by atoms with Gasteiger partial charge in [-0.05, 0) is 65.6 Å². The van der Waals surface area contributed by atoms with Crippen LogP contribution in [0.25, 0.3) is 5.57 Å². The number of rotatable bonds is 7. The fourth-order valence-corrected chi connectivity index (χ4v) is 3.90. The molecule has 174 valence electrons. The van der Waals surface area contributed by atoms with Gasteiger partial charge in [-0.15, -0.1) is 0 Å². The summed E-state index contributed by atoms with van der Waals surface area (Å²) in [6.07, 6.45) is 0. The molecule has 6 heteroatoms. The van der Waals surface area contributed by atoms with Gasteiger partial charge in [-0.3, -0.25) is 9.59 Å². The lowest BCUT2D eigenvalue weighted by atomic mass is 10.0. The van der Waals surface area contributed by atoms with Crippen LogP contribution in [0.5, 0.6) is 5.75 Å². The standard InChI is InChI=1S/C28H29N3O3/c1-18(2)19-6-12-23(13-7-19)31-27(32)25(20-8-16-24(34-5)17-9-20)26(28(31)33)29-21-10-14-22(15-11-21)30(3)4/h6-18,29H,1-5H3. The summed E-state index contributed by atoms with van der Waals surface area (Å²) in [5.74, 6) is 0.287. The van der Waals surface area contributed by atoms with Gasteiger partial charge in [0.05, 0.1) is 18.4 Å². The van der Waals surface area contributed by atoms with Crippen molar-refractivity contribution in [2.24, 2.45) is 0 Å². The van der Waals surface area contributed by atoms with Crippen molar-refractivity contribution in [3.05, 3.63) is 89.6 Å². The van der Waals surface area contributed by atoms with Crippen molar-refractivity contribution in [1.29, 1.82) is 0 Å². The van der Waals surface area contributed by atoms with Crippen LogP contribution in [-0.4, -0.2) is 33.0 Å². The molecule has 1 aliphatic heterocycles. The van der Waals surface area contributed by atoms with Crippen LogP contribution in [0, 0.1) is 0 Å². The summed E-state index contributed by atoms with van der Waals surface area (Å²) in [5.41, 5.74) is 4.68. The number of hydrogen-bond donors (Lipinski definition) is 1. The molecular formula is C28H29N3O3. The van der Waals surface area contributed by atoms with E-state index in [1.807, 2.05) is 67.5 Å². The van der Waals surface area contributed by atoms with Crippen LogP contribution < -0.4 is 19.9 Å². The van der Waals surface area contributed by atoms with Crippen LogP contribution in [0.2, 0.25) is 0 Å². The van der Waals surface area contributed by atoms with E-state index in [0.29, 0.717) is 28.5 Å². The lowest BCUT2D eigenvalue weighted by Gasteiger charge is -2.17. The first-order chi connectivity index (χ1) is 16.3. The maximum Gasteiger partial charge on any atom is 0.282 e. The number of ether oxygens (including phenoxy) is 1. The number of benzene rings is 3. The van der Waals surface area contributed by atoms with E-state index in [2.05, 4.69) is 19.2 Å². The van der Waals surface area contributed by atoms with Crippen LogP contribution in [0.3, 0.4) is 0 Å². The average molecular weight is 456 g/mol. The third-order valence-electron chi connectivity index (χ3n) is 5.93. The number of nitrogens with zero attached hydrogens (tertiary/aromatic N) is 2. The molecule has 0 radical (unpaired) electrons. The molecule has 0 bridgehead atoms. The molecule has 1 heterocycles. The van der Waals surface area contributed by atoms with Gasteiger partial charge >= 0.3 is 0 Å². The highest BCUT2D eigenvalue weighted by molar-refractivity contribution is 6.46. The molecule has 4 rings (SSSR count). The number of amides is 2. The summed E-state index contributed by atoms with van der Waals surface area (Å²) in [7, 11) is 5.52. The fraction of sp³-hybridized carbons (Fsp3) is 0.214. The number of nitrogens with one attached hydrogen (secondary N) is 1. The van der Waals surface area contributed by atoms with Gasteiger partial charge in [0.25, 0.3) is 11.8 Å². The third-order valence-corrected chi connectivity index (χ3v) is 5.93. The Kier molecular flexibility index (Phi) is 6.41. The highest BCUT2D eigenvalue weighted by Crippen LogP contribution is 2.35. The Morgan fingerprint density at radius 2 is 1.44 bits per heavy atom. The van der Waals surface area contributed by atoms with E-state index in [0.717, 1.165) is 16.9 Å². The molecular weight excluding hydrogens is 426 g/mol. The molecule has 0 aromatic heterocycles. The van der Waals surface area contributed by atoms with E-state index in [4.69, 9.17) is 4.74 Å². The Hall–Kier alpha value is -4.06. The minimum Gasteiger partial charge on any atom is -0.497 e. The molecule has 0 fully saturated rings. The van der Waals surface area contributed by atoms with Crippen LogP contribution >= 0.6 is 0 Å². The van der Waals surface area contributed by atoms with E-state index < -0.39 is 0 Å². The van der Waals surface area contributed by atoms with Gasteiger partial charge in [-0.1, -0.05) is 38.1 Å². The van der Waals surface area contributed by atoms with Gasteiger partial charge < -0.3 is 15.0 Å². The predicted molar refractivity (Wildman–Crippen MR) is 137 cm³/mol. The second kappa shape index (κ2) is 9.43. The fourth-order valence-electron chi connectivity index (χ4n) is 3.90. The molecule has 1 aliphatic rings. The van der Waals surface area contributed by atoms with E-state index in [9.17, 15) is 9.59 Å². The van der Waals surface area contributed by atoms with Gasteiger partial charge in [0.2, 0.25) is 0 Å². The zero-order valence-electron chi connectivity index (χ0n) is 20.1. The van der Waals surface area contributed by atoms with Gasteiger partial charge in [0, 0.05) is 25.5 Å². The number of imide groups is 1. The summed E-state index contributed by atoms with van der Waals surface area (Å²) < 4.78 is 5.26. The molecule has 1 N–H and O–H groups in total. The largest absolute Gasteiger partial charge is 0.497 e. The Morgan fingerprint density at radius 3 is 1.97 bits per heavy atom. The minimum atomic E-state index is -0.384. The maximum atomic E-state index is 13.6. The molecule has 0 atom stereocenters. The van der Waals surface area contributed by atoms with Crippen molar-refractivity contribution < 1.29 is 14.3 Å². The van der Waals surface area contributed by atoms with Crippen molar-refractivity contribution in [3.8, 4) is 5.75 Å². The Labute approximate surface area is 200 Å². The van der Waals surface area contributed by atoms with Crippen LogP contribution in [-0.2, 0) is 9.59 Å². The zero-order valence-corrected chi connectivity index (χ0v) is 20.1. The predicted octanol–water partition coefficient (Wildman–Crippen LogP) is 5.28. The third kappa shape index (κ3) is 4.39. The van der Waals surface area contributed by atoms with Gasteiger partial charge in [-0.2, -0.15) is 0 Å². The molecule has 3 aromatic carbocycles. The molecule has 34 heavy (non-hydrogen) atoms. The Balaban J connectivity index is 1.75. The molecule has 2 amide bonds. The summed E-state index contributed by atoms with van der Waals surface area (Å²) in [5, 5.41) is 3.21. The number of carbonyl (C=O) groups is 2. The molecule has 0 aliphatic carbocycles. The number of methoxy groups -OCH3 is 1. The maximum absolute atomic E-state index is 13.6. The molecule has 6 nitrogen and oxygen atoms in total. The molecule has 0 saturated carbocycles. The van der Waals surface area contributed by atoms with Crippen molar-refractivity contribution in [1.82, 2.24) is 0 Å². The molecule has 0 unspecified atom stereocenters. The summed E-state index contributed by atoms with van der Waals surface area (Å²) in [6.45, 7) is 4.21. The second-order valence-electron chi connectivity index (χ2n) is 8.74. The molecule has 3 aromatic rings. The quantitative estimate of drug-likeness (QED) is 0.491. The number of carbonyl (C=O) groups excluding carboxylic acids is 2. The minimum absolute atomic E-state index is 0.251. The van der Waals surface area contributed by atoms with Gasteiger partial charge in [0.15, 0.2) is 0 Å². The van der Waals surface area contributed by atoms with Gasteiger partial charge in [-0.25, -0.2) is 4.90 Å². The normalized spacial score (nSPS) is 13.6. The van der Waals surface area contributed by atoms with E-state index in [-0.39, 0.29) is 17.5 Å². The monoisotopic (exact) mass is 455 g/mol. The summed E-state index contributed by atoms with van der Waals surface area (Å²) in [4.78, 5) is 30.4. The Bertz CT molecular complexity index is 1230. The van der Waals surface area contributed by atoms with Gasteiger partial charge in [0.1, 0.15) is 11.4 Å². The highest BCUT2D eigenvalue weighted by Gasteiger charge is 2.40. The first kappa shape index (κ1) is 23.1. The number of anilines is 3. The first-order valence-corrected chi connectivity index (χ1v) is 11.2. The van der Waals surface area contributed by atoms with E-state index >= 15 is 0 Å². The lowest BCUT2D eigenvalue weighted by Crippen LogP contribution is -2.32. The smallest absolute Gasteiger partial charge is 0.282 e. The van der Waals surface area contributed by atoms with E-state index in [1.165, 1.54) is 4.90 Å². The molecule has 0 spiro atoms. The van der Waals surface area contributed by atoms with Crippen LogP contribution in [0.15, 0.2) is 78.5 Å². The first-order valence-electron chi connectivity index (χ1n) is 11.2.